The first-order valence-corrected chi connectivity index (χ1v) is 4.75. The molecule has 16 heavy (non-hydrogen) atoms. The molecular weight excluding hydrogens is 206 g/mol. The number of anilines is 1. The Morgan fingerprint density at radius 1 is 1.38 bits per heavy atom. The third-order valence-corrected chi connectivity index (χ3v) is 2.09. The van der Waals surface area contributed by atoms with Crippen LogP contribution in [0, 0.1) is 6.92 Å². The second kappa shape index (κ2) is 4.09. The third-order valence-electron chi connectivity index (χ3n) is 2.09. The van der Waals surface area contributed by atoms with Crippen LogP contribution in [0.15, 0.2) is 24.7 Å². The molecule has 1 N–H and O–H groups in total. The molecule has 0 aliphatic rings. The molecule has 0 fully saturated rings. The molecule has 0 bridgehead atoms. The van der Waals surface area contributed by atoms with Crippen LogP contribution in [0.4, 0.5) is 5.69 Å². The van der Waals surface area contributed by atoms with Crippen LogP contribution in [0.25, 0.3) is 0 Å². The highest BCUT2D eigenvalue weighted by molar-refractivity contribution is 6.02. The molecule has 2 aromatic heterocycles. The molecular formula is C10H11N5O. The molecule has 6 nitrogen and oxygen atoms in total. The van der Waals surface area contributed by atoms with Crippen molar-refractivity contribution in [1.82, 2.24) is 19.7 Å². The fourth-order valence-corrected chi connectivity index (χ4v) is 1.25. The number of hydrogen-bond donors (Lipinski definition) is 1. The molecule has 0 aromatic carbocycles. The number of hydrogen-bond acceptors (Lipinski definition) is 4. The van der Waals surface area contributed by atoms with Gasteiger partial charge in [-0.05, 0) is 13.0 Å². The first-order valence-electron chi connectivity index (χ1n) is 4.75. The van der Waals surface area contributed by atoms with Gasteiger partial charge in [-0.3, -0.25) is 9.48 Å². The maximum Gasteiger partial charge on any atom is 0.274 e. The minimum absolute atomic E-state index is 0.229. The Kier molecular flexibility index (Phi) is 2.63. The first kappa shape index (κ1) is 10.3. The Morgan fingerprint density at radius 2 is 2.06 bits per heavy atom. The fraction of sp³-hybridized carbons (Fsp3) is 0.200. The highest BCUT2D eigenvalue weighted by Crippen LogP contribution is 2.05. The summed E-state index contributed by atoms with van der Waals surface area (Å²) in [5, 5.41) is 6.61. The molecule has 1 amide bonds. The Labute approximate surface area is 92.3 Å². The molecule has 82 valence electrons. The molecule has 2 rings (SSSR count). The number of amides is 1. The fourth-order valence-electron chi connectivity index (χ4n) is 1.25. The highest BCUT2D eigenvalue weighted by atomic mass is 16.2. The predicted molar refractivity (Wildman–Crippen MR) is 57.9 cm³/mol. The van der Waals surface area contributed by atoms with Crippen molar-refractivity contribution in [1.29, 1.82) is 0 Å². The van der Waals surface area contributed by atoms with E-state index in [1.54, 1.807) is 38.6 Å². The van der Waals surface area contributed by atoms with Crippen LogP contribution in [-0.4, -0.2) is 25.7 Å². The first-order chi connectivity index (χ1) is 7.66. The number of rotatable bonds is 2. The average Bonchev–Trinajstić information content (AvgIpc) is 2.68. The van der Waals surface area contributed by atoms with Gasteiger partial charge >= 0.3 is 0 Å². The second-order valence-corrected chi connectivity index (χ2v) is 3.31. The number of aryl methyl sites for hydroxylation is 2. The molecule has 0 saturated carbocycles. The van der Waals surface area contributed by atoms with E-state index in [2.05, 4.69) is 20.4 Å². The van der Waals surface area contributed by atoms with Crippen molar-refractivity contribution < 1.29 is 4.79 Å². The van der Waals surface area contributed by atoms with E-state index in [4.69, 9.17) is 0 Å². The van der Waals surface area contributed by atoms with Gasteiger partial charge in [-0.15, -0.1) is 0 Å². The van der Waals surface area contributed by atoms with Gasteiger partial charge in [0.25, 0.3) is 5.91 Å². The van der Waals surface area contributed by atoms with Crippen molar-refractivity contribution in [2.24, 2.45) is 7.05 Å². The van der Waals surface area contributed by atoms with E-state index < -0.39 is 0 Å². The second-order valence-electron chi connectivity index (χ2n) is 3.31. The van der Waals surface area contributed by atoms with E-state index in [0.29, 0.717) is 17.2 Å². The summed E-state index contributed by atoms with van der Waals surface area (Å²) in [6.07, 6.45) is 4.70. The summed E-state index contributed by atoms with van der Waals surface area (Å²) in [5.74, 6) is 0.436. The van der Waals surface area contributed by atoms with E-state index >= 15 is 0 Å². The Balaban J connectivity index is 2.14. The zero-order valence-electron chi connectivity index (χ0n) is 9.01. The monoisotopic (exact) mass is 217 g/mol. The average molecular weight is 217 g/mol. The molecule has 0 atom stereocenters. The quantitative estimate of drug-likeness (QED) is 0.806. The zero-order valence-corrected chi connectivity index (χ0v) is 9.01. The standard InChI is InChI=1S/C10H11N5O/c1-7-11-5-8(6-12-7)14-10(16)9-3-4-13-15(9)2/h3-6H,1-2H3,(H,14,16). The number of carbonyl (C=O) groups is 1. The number of carbonyl (C=O) groups excluding carboxylic acids is 1. The van der Waals surface area contributed by atoms with Crippen LogP contribution in [0.3, 0.4) is 0 Å². The number of nitrogens with one attached hydrogen (secondary N) is 1. The SMILES string of the molecule is Cc1ncc(NC(=O)c2ccnn2C)cn1. The lowest BCUT2D eigenvalue weighted by Crippen LogP contribution is -2.16. The van der Waals surface area contributed by atoms with E-state index in [1.165, 1.54) is 4.68 Å². The Hall–Kier alpha value is -2.24. The van der Waals surface area contributed by atoms with Gasteiger partial charge < -0.3 is 5.32 Å². The topological polar surface area (TPSA) is 72.7 Å². The zero-order chi connectivity index (χ0) is 11.5. The van der Waals surface area contributed by atoms with Gasteiger partial charge in [0.15, 0.2) is 0 Å². The molecule has 0 aliphatic carbocycles. The minimum Gasteiger partial charge on any atom is -0.318 e. The number of nitrogens with zero attached hydrogens (tertiary/aromatic N) is 4. The van der Waals surface area contributed by atoms with Crippen LogP contribution in [0.5, 0.6) is 0 Å². The van der Waals surface area contributed by atoms with Crippen LogP contribution in [0.1, 0.15) is 16.3 Å². The smallest absolute Gasteiger partial charge is 0.274 e. The van der Waals surface area contributed by atoms with Gasteiger partial charge in [0.1, 0.15) is 11.5 Å². The minimum atomic E-state index is -0.229. The maximum atomic E-state index is 11.8. The summed E-state index contributed by atoms with van der Waals surface area (Å²) in [4.78, 5) is 19.7. The van der Waals surface area contributed by atoms with Crippen LogP contribution in [0.2, 0.25) is 0 Å². The van der Waals surface area contributed by atoms with E-state index in [0.717, 1.165) is 0 Å². The van der Waals surface area contributed by atoms with Gasteiger partial charge in [0, 0.05) is 13.2 Å². The van der Waals surface area contributed by atoms with Crippen LogP contribution >= 0.6 is 0 Å². The molecule has 2 aromatic rings. The highest BCUT2D eigenvalue weighted by Gasteiger charge is 2.09. The van der Waals surface area contributed by atoms with Crippen LogP contribution < -0.4 is 5.32 Å². The van der Waals surface area contributed by atoms with Gasteiger partial charge in [0.05, 0.1) is 18.1 Å². The van der Waals surface area contributed by atoms with E-state index in [-0.39, 0.29) is 5.91 Å². The molecule has 0 radical (unpaired) electrons. The van der Waals surface area contributed by atoms with Crippen LogP contribution in [-0.2, 0) is 7.05 Å². The van der Waals surface area contributed by atoms with Crippen molar-refractivity contribution in [3.8, 4) is 0 Å². The normalized spacial score (nSPS) is 10.1. The van der Waals surface area contributed by atoms with Crippen molar-refractivity contribution in [3.63, 3.8) is 0 Å². The lowest BCUT2D eigenvalue weighted by atomic mass is 10.4. The van der Waals surface area contributed by atoms with Crippen molar-refractivity contribution in [3.05, 3.63) is 36.2 Å². The number of aromatic nitrogens is 4. The lowest BCUT2D eigenvalue weighted by molar-refractivity contribution is 0.101. The van der Waals surface area contributed by atoms with Crippen molar-refractivity contribution in [2.75, 3.05) is 5.32 Å². The molecule has 2 heterocycles. The maximum absolute atomic E-state index is 11.8. The molecule has 0 saturated heterocycles. The Morgan fingerprint density at radius 3 is 2.62 bits per heavy atom. The van der Waals surface area contributed by atoms with Gasteiger partial charge in [-0.25, -0.2) is 9.97 Å². The summed E-state index contributed by atoms with van der Waals surface area (Å²) in [7, 11) is 1.71. The van der Waals surface area contributed by atoms with Crippen molar-refractivity contribution >= 4 is 11.6 Å². The van der Waals surface area contributed by atoms with Gasteiger partial charge in [-0.2, -0.15) is 5.10 Å². The summed E-state index contributed by atoms with van der Waals surface area (Å²) >= 11 is 0. The van der Waals surface area contributed by atoms with Gasteiger partial charge in [-0.1, -0.05) is 0 Å². The van der Waals surface area contributed by atoms with Gasteiger partial charge in [0.2, 0.25) is 0 Å². The molecule has 0 spiro atoms. The largest absolute Gasteiger partial charge is 0.318 e. The summed E-state index contributed by atoms with van der Waals surface area (Å²) in [6, 6.07) is 1.64. The predicted octanol–water partition coefficient (Wildman–Crippen LogP) is 0.771. The van der Waals surface area contributed by atoms with E-state index in [9.17, 15) is 4.79 Å². The summed E-state index contributed by atoms with van der Waals surface area (Å²) in [6.45, 7) is 1.78. The molecule has 0 aliphatic heterocycles. The lowest BCUT2D eigenvalue weighted by Gasteiger charge is -2.04. The summed E-state index contributed by atoms with van der Waals surface area (Å²) < 4.78 is 1.50. The summed E-state index contributed by atoms with van der Waals surface area (Å²) in [5.41, 5.74) is 1.05. The molecule has 6 heteroatoms. The van der Waals surface area contributed by atoms with E-state index in [1.807, 2.05) is 0 Å². The third kappa shape index (κ3) is 2.05. The van der Waals surface area contributed by atoms with Crippen molar-refractivity contribution in [2.45, 2.75) is 6.92 Å². The Bertz CT molecular complexity index is 502. The molecule has 0 unspecified atom stereocenters.